The molecule has 5 N–H and O–H groups in total. The highest BCUT2D eigenvalue weighted by atomic mass is 16.2. The monoisotopic (exact) mass is 199 g/mol. The first-order valence-electron chi connectivity index (χ1n) is 4.66. The molecule has 0 aromatic rings. The smallest absolute Gasteiger partial charge is 0.314 e. The lowest BCUT2D eigenvalue weighted by molar-refractivity contribution is 0.188. The first kappa shape index (κ1) is 10.6. The number of amides is 2. The molecule has 1 aliphatic rings. The highest BCUT2D eigenvalue weighted by Crippen LogP contribution is 2.09. The van der Waals surface area contributed by atoms with Gasteiger partial charge >= 0.3 is 6.03 Å². The van der Waals surface area contributed by atoms with Crippen molar-refractivity contribution < 1.29 is 4.79 Å². The molecule has 0 aliphatic carbocycles. The molecular weight excluding hydrogens is 182 g/mol. The van der Waals surface area contributed by atoms with Gasteiger partial charge in [-0.1, -0.05) is 0 Å². The molecule has 6 nitrogen and oxygen atoms in total. The largest absolute Gasteiger partial charge is 0.370 e. The lowest BCUT2D eigenvalue weighted by Gasteiger charge is -2.31. The maximum absolute atomic E-state index is 10.8. The maximum atomic E-state index is 10.8. The molecule has 0 aromatic carbocycles. The highest BCUT2D eigenvalue weighted by Gasteiger charge is 2.20. The van der Waals surface area contributed by atoms with Gasteiger partial charge < -0.3 is 21.7 Å². The Morgan fingerprint density at radius 3 is 2.43 bits per heavy atom. The summed E-state index contributed by atoms with van der Waals surface area (Å²) in [5, 5.41) is 3.08. The van der Waals surface area contributed by atoms with Gasteiger partial charge in [-0.2, -0.15) is 0 Å². The van der Waals surface area contributed by atoms with E-state index in [2.05, 4.69) is 10.3 Å². The van der Waals surface area contributed by atoms with Gasteiger partial charge in [0.2, 0.25) is 0 Å². The lowest BCUT2D eigenvalue weighted by atomic mass is 10.1. The fourth-order valence-corrected chi connectivity index (χ4v) is 1.52. The molecule has 80 valence electrons. The van der Waals surface area contributed by atoms with Crippen LogP contribution in [0, 0.1) is 0 Å². The summed E-state index contributed by atoms with van der Waals surface area (Å²) in [7, 11) is 1.64. The second-order valence-corrected chi connectivity index (χ2v) is 3.35. The number of nitrogens with one attached hydrogen (secondary N) is 1. The highest BCUT2D eigenvalue weighted by molar-refractivity contribution is 5.78. The number of rotatable bonds is 1. The van der Waals surface area contributed by atoms with Gasteiger partial charge in [-0.05, 0) is 12.8 Å². The van der Waals surface area contributed by atoms with Crippen molar-refractivity contribution in [1.29, 1.82) is 0 Å². The number of primary amides is 1. The van der Waals surface area contributed by atoms with Crippen LogP contribution in [0.3, 0.4) is 0 Å². The lowest BCUT2D eigenvalue weighted by Crippen LogP contribution is -2.49. The zero-order valence-corrected chi connectivity index (χ0v) is 8.36. The van der Waals surface area contributed by atoms with Gasteiger partial charge in [0.05, 0.1) is 0 Å². The normalized spacial score (nSPS) is 19.5. The van der Waals surface area contributed by atoms with Crippen molar-refractivity contribution in [2.75, 3.05) is 20.1 Å². The van der Waals surface area contributed by atoms with Crippen molar-refractivity contribution in [3.63, 3.8) is 0 Å². The molecule has 2 amide bonds. The molecule has 0 bridgehead atoms. The summed E-state index contributed by atoms with van der Waals surface area (Å²) in [6, 6.07) is -0.0464. The predicted molar refractivity (Wildman–Crippen MR) is 54.9 cm³/mol. The van der Waals surface area contributed by atoms with Gasteiger partial charge in [0.15, 0.2) is 5.96 Å². The molecule has 0 unspecified atom stereocenters. The van der Waals surface area contributed by atoms with Crippen LogP contribution in [0.1, 0.15) is 12.8 Å². The summed E-state index contributed by atoms with van der Waals surface area (Å²) < 4.78 is 0. The third kappa shape index (κ3) is 2.79. The zero-order chi connectivity index (χ0) is 10.6. The molecule has 1 fully saturated rings. The number of aliphatic imine (C=N–C) groups is 1. The quantitative estimate of drug-likeness (QED) is 0.376. The van der Waals surface area contributed by atoms with E-state index in [0.29, 0.717) is 25.1 Å². The van der Waals surface area contributed by atoms with Crippen LogP contribution >= 0.6 is 0 Å². The van der Waals surface area contributed by atoms with Crippen molar-refractivity contribution in [3.8, 4) is 0 Å². The fraction of sp³-hybridized carbons (Fsp3) is 0.750. The van der Waals surface area contributed by atoms with Gasteiger partial charge in [0.1, 0.15) is 0 Å². The number of guanidine groups is 1. The van der Waals surface area contributed by atoms with Gasteiger partial charge in [-0.25, -0.2) is 4.79 Å². The van der Waals surface area contributed by atoms with Crippen molar-refractivity contribution in [2.24, 2.45) is 16.5 Å². The number of hydrogen-bond donors (Lipinski definition) is 3. The summed E-state index contributed by atoms with van der Waals surface area (Å²) in [5.74, 6) is 0.447. The summed E-state index contributed by atoms with van der Waals surface area (Å²) in [6.07, 6.45) is 1.72. The second kappa shape index (κ2) is 4.69. The van der Waals surface area contributed by atoms with Crippen LogP contribution in [0.4, 0.5) is 4.79 Å². The van der Waals surface area contributed by atoms with Crippen molar-refractivity contribution >= 4 is 12.0 Å². The minimum atomic E-state index is -0.347. The van der Waals surface area contributed by atoms with Gasteiger partial charge in [-0.15, -0.1) is 0 Å². The molecule has 1 rings (SSSR count). The van der Waals surface area contributed by atoms with Crippen LogP contribution in [-0.4, -0.2) is 43.1 Å². The van der Waals surface area contributed by atoms with Crippen LogP contribution in [0.5, 0.6) is 0 Å². The molecule has 0 radical (unpaired) electrons. The number of piperidine rings is 1. The maximum Gasteiger partial charge on any atom is 0.314 e. The number of hydrogen-bond acceptors (Lipinski definition) is 2. The van der Waals surface area contributed by atoms with Crippen LogP contribution in [0.15, 0.2) is 4.99 Å². The van der Waals surface area contributed by atoms with Crippen molar-refractivity contribution in [2.45, 2.75) is 18.9 Å². The number of nitrogens with two attached hydrogens (primary N) is 2. The Morgan fingerprint density at radius 2 is 2.00 bits per heavy atom. The first-order chi connectivity index (χ1) is 6.63. The average Bonchev–Trinajstić information content (AvgIpc) is 2.18. The first-order valence-corrected chi connectivity index (χ1v) is 4.66. The number of likely N-dealkylation sites (tertiary alicyclic amines) is 1. The Bertz CT molecular complexity index is 232. The van der Waals surface area contributed by atoms with E-state index in [9.17, 15) is 4.79 Å². The number of carbonyl (C=O) groups is 1. The van der Waals surface area contributed by atoms with E-state index in [-0.39, 0.29) is 6.03 Å². The molecule has 0 spiro atoms. The second-order valence-electron chi connectivity index (χ2n) is 3.35. The molecule has 6 heteroatoms. The number of carbonyl (C=O) groups excluding carboxylic acids is 1. The third-order valence-electron chi connectivity index (χ3n) is 2.40. The van der Waals surface area contributed by atoms with Crippen molar-refractivity contribution in [3.05, 3.63) is 0 Å². The number of urea groups is 1. The Balaban J connectivity index is 2.32. The van der Waals surface area contributed by atoms with Gasteiger partial charge in [-0.3, -0.25) is 4.99 Å². The van der Waals surface area contributed by atoms with E-state index < -0.39 is 0 Å². The van der Waals surface area contributed by atoms with Crippen LogP contribution in [-0.2, 0) is 0 Å². The molecule has 1 aliphatic heterocycles. The van der Waals surface area contributed by atoms with E-state index in [0.717, 1.165) is 12.8 Å². The average molecular weight is 199 g/mol. The van der Waals surface area contributed by atoms with E-state index in [1.165, 1.54) is 0 Å². The fourth-order valence-electron chi connectivity index (χ4n) is 1.52. The van der Waals surface area contributed by atoms with Crippen LogP contribution in [0.2, 0.25) is 0 Å². The van der Waals surface area contributed by atoms with Gasteiger partial charge in [0.25, 0.3) is 0 Å². The zero-order valence-electron chi connectivity index (χ0n) is 8.36. The Hall–Kier alpha value is -1.46. The molecule has 1 heterocycles. The molecule has 0 saturated carbocycles. The molecule has 0 atom stereocenters. The summed E-state index contributed by atoms with van der Waals surface area (Å²) in [6.45, 7) is 1.37. The van der Waals surface area contributed by atoms with E-state index in [1.807, 2.05) is 0 Å². The minimum absolute atomic E-state index is 0.300. The molecular formula is C8H17N5O. The van der Waals surface area contributed by atoms with Crippen molar-refractivity contribution in [1.82, 2.24) is 10.2 Å². The number of nitrogens with zero attached hydrogens (tertiary/aromatic N) is 2. The van der Waals surface area contributed by atoms with E-state index in [4.69, 9.17) is 11.5 Å². The standard InChI is InChI=1S/C8H17N5O/c1-11-7(9)12-6-2-4-13(5-3-6)8(10)14/h6H,2-5H2,1H3,(H2,10,14)(H3,9,11,12). The molecule has 14 heavy (non-hydrogen) atoms. The van der Waals surface area contributed by atoms with E-state index in [1.54, 1.807) is 11.9 Å². The Morgan fingerprint density at radius 1 is 1.43 bits per heavy atom. The molecule has 1 saturated heterocycles. The van der Waals surface area contributed by atoms with E-state index >= 15 is 0 Å². The Kier molecular flexibility index (Phi) is 3.55. The SMILES string of the molecule is CN=C(N)NC1CCN(C(N)=O)CC1. The Labute approximate surface area is 83.3 Å². The summed E-state index contributed by atoms with van der Waals surface area (Å²) in [5.41, 5.74) is 10.7. The van der Waals surface area contributed by atoms with Gasteiger partial charge in [0, 0.05) is 26.2 Å². The van der Waals surface area contributed by atoms with Crippen LogP contribution in [0.25, 0.3) is 0 Å². The summed E-state index contributed by atoms with van der Waals surface area (Å²) in [4.78, 5) is 16.3. The molecule has 0 aromatic heterocycles. The third-order valence-corrected chi connectivity index (χ3v) is 2.40. The summed E-state index contributed by atoms with van der Waals surface area (Å²) >= 11 is 0. The van der Waals surface area contributed by atoms with Crippen LogP contribution < -0.4 is 16.8 Å². The predicted octanol–water partition coefficient (Wildman–Crippen LogP) is -0.936. The topological polar surface area (TPSA) is 96.7 Å². The minimum Gasteiger partial charge on any atom is -0.370 e.